The van der Waals surface area contributed by atoms with Crippen LogP contribution in [0.1, 0.15) is 37.5 Å². The average molecular weight is 310 g/mol. The Morgan fingerprint density at radius 1 is 1.48 bits per heavy atom. The van der Waals surface area contributed by atoms with E-state index in [-0.39, 0.29) is 17.9 Å². The lowest BCUT2D eigenvalue weighted by Gasteiger charge is -2.32. The second-order valence-electron chi connectivity index (χ2n) is 5.20. The molecule has 1 saturated heterocycles. The van der Waals surface area contributed by atoms with Crippen LogP contribution in [0.3, 0.4) is 0 Å². The average Bonchev–Trinajstić information content (AvgIpc) is 3.17. The molecule has 1 atom stereocenters. The third-order valence-corrected chi connectivity index (χ3v) is 4.07. The fourth-order valence-corrected chi connectivity index (χ4v) is 2.76. The van der Waals surface area contributed by atoms with Crippen LogP contribution in [0.5, 0.6) is 0 Å². The van der Waals surface area contributed by atoms with Gasteiger partial charge < -0.3 is 9.42 Å². The molecule has 0 spiro atoms. The van der Waals surface area contributed by atoms with Crippen molar-refractivity contribution >= 4 is 17.5 Å². The molecular formula is C13H16ClN5O2. The van der Waals surface area contributed by atoms with Gasteiger partial charge in [-0.2, -0.15) is 10.1 Å². The molecule has 2 aromatic heterocycles. The van der Waals surface area contributed by atoms with Gasteiger partial charge in [0.15, 0.2) is 5.82 Å². The summed E-state index contributed by atoms with van der Waals surface area (Å²) in [5.74, 6) is 1.05. The van der Waals surface area contributed by atoms with Crippen molar-refractivity contribution in [3.8, 4) is 0 Å². The number of amides is 1. The van der Waals surface area contributed by atoms with E-state index in [9.17, 15) is 4.79 Å². The van der Waals surface area contributed by atoms with Crippen molar-refractivity contribution in [1.29, 1.82) is 0 Å². The molecule has 112 valence electrons. The van der Waals surface area contributed by atoms with E-state index in [2.05, 4.69) is 15.2 Å². The fourth-order valence-electron chi connectivity index (χ4n) is 2.62. The Morgan fingerprint density at radius 3 is 2.81 bits per heavy atom. The fraction of sp³-hybridized carbons (Fsp3) is 0.538. The summed E-state index contributed by atoms with van der Waals surface area (Å²) in [5, 5.41) is 8.50. The minimum Gasteiger partial charge on any atom is -0.343 e. The van der Waals surface area contributed by atoms with Gasteiger partial charge in [-0.1, -0.05) is 16.8 Å². The van der Waals surface area contributed by atoms with Crippen molar-refractivity contribution < 1.29 is 9.32 Å². The van der Waals surface area contributed by atoms with Crippen molar-refractivity contribution in [2.75, 3.05) is 13.1 Å². The molecule has 0 aliphatic carbocycles. The number of aromatic nitrogens is 4. The predicted molar refractivity (Wildman–Crippen MR) is 74.8 cm³/mol. The number of nitrogens with zero attached hydrogens (tertiary/aromatic N) is 5. The lowest BCUT2D eigenvalue weighted by molar-refractivity contribution is -0.135. The quantitative estimate of drug-likeness (QED) is 0.865. The predicted octanol–water partition coefficient (Wildman–Crippen LogP) is 1.89. The Morgan fingerprint density at radius 2 is 2.24 bits per heavy atom. The van der Waals surface area contributed by atoms with Crippen LogP contribution >= 0.6 is 11.6 Å². The van der Waals surface area contributed by atoms with Crippen LogP contribution < -0.4 is 0 Å². The number of hydrogen-bond donors (Lipinski definition) is 0. The summed E-state index contributed by atoms with van der Waals surface area (Å²) in [6.45, 7) is 3.21. The lowest BCUT2D eigenvalue weighted by atomic mass is 9.96. The van der Waals surface area contributed by atoms with Gasteiger partial charge in [0.05, 0.1) is 11.2 Å². The standard InChI is InChI=1S/C13H16ClN5O2/c1-9(19-7-11(14)6-16-19)13(20)18-4-2-10(3-5-18)12-15-8-21-17-12/h6-10H,2-5H2,1H3. The molecule has 0 N–H and O–H groups in total. The molecule has 1 fully saturated rings. The van der Waals surface area contributed by atoms with Gasteiger partial charge in [0.25, 0.3) is 0 Å². The SMILES string of the molecule is CC(C(=O)N1CCC(c2ncon2)CC1)n1cc(Cl)cn1. The maximum atomic E-state index is 12.5. The van der Waals surface area contributed by atoms with Crippen LogP contribution in [-0.2, 0) is 4.79 Å². The first-order chi connectivity index (χ1) is 10.1. The zero-order valence-electron chi connectivity index (χ0n) is 11.6. The van der Waals surface area contributed by atoms with E-state index in [1.165, 1.54) is 12.6 Å². The molecule has 0 radical (unpaired) electrons. The number of carbonyl (C=O) groups excluding carboxylic acids is 1. The van der Waals surface area contributed by atoms with Crippen LogP contribution in [0.2, 0.25) is 5.02 Å². The molecular weight excluding hydrogens is 294 g/mol. The zero-order chi connectivity index (χ0) is 14.8. The van der Waals surface area contributed by atoms with Gasteiger partial charge in [-0.25, -0.2) is 0 Å². The number of hydrogen-bond acceptors (Lipinski definition) is 5. The van der Waals surface area contributed by atoms with Gasteiger partial charge in [0.1, 0.15) is 6.04 Å². The molecule has 7 nitrogen and oxygen atoms in total. The van der Waals surface area contributed by atoms with E-state index >= 15 is 0 Å². The van der Waals surface area contributed by atoms with Gasteiger partial charge in [0.2, 0.25) is 12.3 Å². The molecule has 0 saturated carbocycles. The number of rotatable bonds is 3. The number of carbonyl (C=O) groups is 1. The third kappa shape index (κ3) is 2.92. The van der Waals surface area contributed by atoms with E-state index in [1.54, 1.807) is 10.9 Å². The summed E-state index contributed by atoms with van der Waals surface area (Å²) < 4.78 is 6.37. The Labute approximate surface area is 126 Å². The minimum atomic E-state index is -0.348. The molecule has 0 aromatic carbocycles. The molecule has 3 rings (SSSR count). The smallest absolute Gasteiger partial charge is 0.247 e. The highest BCUT2D eigenvalue weighted by Crippen LogP contribution is 2.26. The van der Waals surface area contributed by atoms with E-state index in [1.807, 2.05) is 11.8 Å². The van der Waals surface area contributed by atoms with Crippen molar-refractivity contribution in [1.82, 2.24) is 24.8 Å². The summed E-state index contributed by atoms with van der Waals surface area (Å²) >= 11 is 5.84. The van der Waals surface area contributed by atoms with Gasteiger partial charge in [-0.05, 0) is 19.8 Å². The van der Waals surface area contributed by atoms with Crippen LogP contribution in [0.15, 0.2) is 23.3 Å². The molecule has 1 unspecified atom stereocenters. The van der Waals surface area contributed by atoms with E-state index in [4.69, 9.17) is 16.1 Å². The molecule has 1 aliphatic rings. The van der Waals surface area contributed by atoms with Gasteiger partial charge >= 0.3 is 0 Å². The summed E-state index contributed by atoms with van der Waals surface area (Å²) in [6.07, 6.45) is 6.23. The lowest BCUT2D eigenvalue weighted by Crippen LogP contribution is -2.41. The van der Waals surface area contributed by atoms with Gasteiger partial charge in [0, 0.05) is 25.2 Å². The van der Waals surface area contributed by atoms with Gasteiger partial charge in [-0.15, -0.1) is 0 Å². The second-order valence-corrected chi connectivity index (χ2v) is 5.64. The zero-order valence-corrected chi connectivity index (χ0v) is 12.4. The highest BCUT2D eigenvalue weighted by Gasteiger charge is 2.29. The molecule has 8 heteroatoms. The Hall–Kier alpha value is -1.89. The van der Waals surface area contributed by atoms with E-state index < -0.39 is 0 Å². The van der Waals surface area contributed by atoms with E-state index in [0.717, 1.165) is 18.7 Å². The first kappa shape index (κ1) is 14.1. The summed E-state index contributed by atoms with van der Waals surface area (Å²) in [7, 11) is 0. The minimum absolute atomic E-state index is 0.0568. The highest BCUT2D eigenvalue weighted by atomic mass is 35.5. The van der Waals surface area contributed by atoms with Crippen molar-refractivity contribution in [2.24, 2.45) is 0 Å². The first-order valence-electron chi connectivity index (χ1n) is 6.90. The molecule has 1 aliphatic heterocycles. The Balaban J connectivity index is 1.60. The molecule has 21 heavy (non-hydrogen) atoms. The summed E-state index contributed by atoms with van der Waals surface area (Å²) in [5.41, 5.74) is 0. The normalized spacial score (nSPS) is 17.9. The van der Waals surface area contributed by atoms with Crippen molar-refractivity contribution in [2.45, 2.75) is 31.7 Å². The Bertz CT molecular complexity index is 604. The van der Waals surface area contributed by atoms with Gasteiger partial charge in [-0.3, -0.25) is 9.48 Å². The van der Waals surface area contributed by atoms with Crippen LogP contribution in [0, 0.1) is 0 Å². The topological polar surface area (TPSA) is 77.0 Å². The number of likely N-dealkylation sites (tertiary alicyclic amines) is 1. The maximum absolute atomic E-state index is 12.5. The van der Waals surface area contributed by atoms with Crippen LogP contribution in [0.25, 0.3) is 0 Å². The maximum Gasteiger partial charge on any atom is 0.247 e. The number of piperidine rings is 1. The van der Waals surface area contributed by atoms with Crippen LogP contribution in [0.4, 0.5) is 0 Å². The molecule has 3 heterocycles. The van der Waals surface area contributed by atoms with Crippen molar-refractivity contribution in [3.05, 3.63) is 29.6 Å². The second kappa shape index (κ2) is 5.85. The largest absolute Gasteiger partial charge is 0.343 e. The summed E-state index contributed by atoms with van der Waals surface area (Å²) in [4.78, 5) is 18.4. The monoisotopic (exact) mass is 309 g/mol. The molecule has 0 bridgehead atoms. The van der Waals surface area contributed by atoms with E-state index in [0.29, 0.717) is 18.1 Å². The first-order valence-corrected chi connectivity index (χ1v) is 7.27. The summed E-state index contributed by atoms with van der Waals surface area (Å²) in [6, 6.07) is -0.348. The third-order valence-electron chi connectivity index (χ3n) is 3.87. The Kier molecular flexibility index (Phi) is 3.92. The van der Waals surface area contributed by atoms with Crippen LogP contribution in [-0.4, -0.2) is 43.8 Å². The van der Waals surface area contributed by atoms with Crippen molar-refractivity contribution in [3.63, 3.8) is 0 Å². The molecule has 1 amide bonds. The molecule has 2 aromatic rings. The number of halogens is 1. The highest BCUT2D eigenvalue weighted by molar-refractivity contribution is 6.30.